The molecule has 1 aromatic rings. The van der Waals surface area contributed by atoms with Crippen LogP contribution < -0.4 is 11.1 Å². The Morgan fingerprint density at radius 1 is 1.40 bits per heavy atom. The number of aryl methyl sites for hydroxylation is 1. The standard InChI is InChI=1S/C13H22N6O/c14-13(15-8-10-4-3-7-20-10)16-9-12-18-17-11-5-1-2-6-19(11)12/h10H,1-9H2,(H3,14,15,16). The lowest BCUT2D eigenvalue weighted by atomic mass is 10.2. The van der Waals surface area contributed by atoms with Crippen LogP contribution in [-0.2, 0) is 24.2 Å². The van der Waals surface area contributed by atoms with Gasteiger partial charge in [0.25, 0.3) is 0 Å². The number of aromatic nitrogens is 3. The second kappa shape index (κ2) is 6.21. The summed E-state index contributed by atoms with van der Waals surface area (Å²) in [5.41, 5.74) is 5.87. The predicted octanol–water partition coefficient (Wildman–Crippen LogP) is 0.198. The molecule has 3 heterocycles. The van der Waals surface area contributed by atoms with E-state index in [1.807, 2.05) is 0 Å². The van der Waals surface area contributed by atoms with Crippen LogP contribution in [0.3, 0.4) is 0 Å². The van der Waals surface area contributed by atoms with Gasteiger partial charge in [0.15, 0.2) is 11.8 Å². The Hall–Kier alpha value is -1.63. The highest BCUT2D eigenvalue weighted by Crippen LogP contribution is 2.14. The van der Waals surface area contributed by atoms with Crippen LogP contribution in [0, 0.1) is 0 Å². The molecule has 0 spiro atoms. The summed E-state index contributed by atoms with van der Waals surface area (Å²) < 4.78 is 7.70. The van der Waals surface area contributed by atoms with Crippen LogP contribution in [0.2, 0.25) is 0 Å². The molecule has 1 atom stereocenters. The number of rotatable bonds is 4. The van der Waals surface area contributed by atoms with Gasteiger partial charge < -0.3 is 20.4 Å². The summed E-state index contributed by atoms with van der Waals surface area (Å²) in [6.07, 6.45) is 5.90. The largest absolute Gasteiger partial charge is 0.376 e. The van der Waals surface area contributed by atoms with E-state index >= 15 is 0 Å². The van der Waals surface area contributed by atoms with Crippen molar-refractivity contribution >= 4 is 5.96 Å². The number of guanidine groups is 1. The Labute approximate surface area is 118 Å². The Morgan fingerprint density at radius 3 is 3.20 bits per heavy atom. The zero-order valence-corrected chi connectivity index (χ0v) is 11.7. The SMILES string of the molecule is NC(=NCc1nnc2n1CCCC2)NCC1CCCO1. The zero-order chi connectivity index (χ0) is 13.8. The summed E-state index contributed by atoms with van der Waals surface area (Å²) in [7, 11) is 0. The summed E-state index contributed by atoms with van der Waals surface area (Å²) in [5.74, 6) is 2.43. The van der Waals surface area contributed by atoms with Gasteiger partial charge in [-0.05, 0) is 25.7 Å². The number of hydrogen-bond acceptors (Lipinski definition) is 4. The minimum absolute atomic E-state index is 0.268. The second-order valence-corrected chi connectivity index (χ2v) is 5.36. The van der Waals surface area contributed by atoms with Gasteiger partial charge >= 0.3 is 0 Å². The zero-order valence-electron chi connectivity index (χ0n) is 11.7. The van der Waals surface area contributed by atoms with E-state index in [1.54, 1.807) is 0 Å². The first kappa shape index (κ1) is 13.4. The van der Waals surface area contributed by atoms with E-state index in [1.165, 1.54) is 12.8 Å². The number of aliphatic imine (C=N–C) groups is 1. The van der Waals surface area contributed by atoms with Crippen molar-refractivity contribution in [1.29, 1.82) is 0 Å². The molecule has 2 aliphatic heterocycles. The molecule has 0 aromatic carbocycles. The predicted molar refractivity (Wildman–Crippen MR) is 75.3 cm³/mol. The molecule has 0 radical (unpaired) electrons. The van der Waals surface area contributed by atoms with Gasteiger partial charge in [-0.25, -0.2) is 4.99 Å². The number of nitrogens with zero attached hydrogens (tertiary/aromatic N) is 4. The quantitative estimate of drug-likeness (QED) is 0.606. The number of nitrogens with two attached hydrogens (primary N) is 1. The molecule has 1 fully saturated rings. The molecular formula is C13H22N6O. The Morgan fingerprint density at radius 2 is 2.35 bits per heavy atom. The molecule has 0 bridgehead atoms. The summed E-state index contributed by atoms with van der Waals surface area (Å²) in [6, 6.07) is 0. The maximum absolute atomic E-state index is 5.87. The van der Waals surface area contributed by atoms with Crippen molar-refractivity contribution in [2.75, 3.05) is 13.2 Å². The van der Waals surface area contributed by atoms with Gasteiger partial charge in [0.2, 0.25) is 0 Å². The van der Waals surface area contributed by atoms with Crippen molar-refractivity contribution in [3.05, 3.63) is 11.6 Å². The number of hydrogen-bond donors (Lipinski definition) is 2. The van der Waals surface area contributed by atoms with Crippen LogP contribution in [-0.4, -0.2) is 40.0 Å². The highest BCUT2D eigenvalue weighted by Gasteiger charge is 2.16. The normalized spacial score (nSPS) is 22.8. The highest BCUT2D eigenvalue weighted by molar-refractivity contribution is 5.77. The smallest absolute Gasteiger partial charge is 0.189 e. The summed E-state index contributed by atoms with van der Waals surface area (Å²) in [6.45, 7) is 3.07. The Bertz CT molecular complexity index is 477. The van der Waals surface area contributed by atoms with Gasteiger partial charge in [-0.2, -0.15) is 0 Å². The molecule has 2 aliphatic rings. The molecular weight excluding hydrogens is 256 g/mol. The number of fused-ring (bicyclic) bond motifs is 1. The fourth-order valence-electron chi connectivity index (χ4n) is 2.72. The molecule has 1 unspecified atom stereocenters. The number of ether oxygens (including phenoxy) is 1. The first-order valence-electron chi connectivity index (χ1n) is 7.39. The molecule has 110 valence electrons. The van der Waals surface area contributed by atoms with E-state index in [9.17, 15) is 0 Å². The molecule has 20 heavy (non-hydrogen) atoms. The fraction of sp³-hybridized carbons (Fsp3) is 0.769. The van der Waals surface area contributed by atoms with Crippen LogP contribution in [0.1, 0.15) is 37.3 Å². The summed E-state index contributed by atoms with van der Waals surface area (Å²) in [5, 5.41) is 11.5. The van der Waals surface area contributed by atoms with Gasteiger partial charge in [-0.1, -0.05) is 0 Å². The molecule has 1 aromatic heterocycles. The van der Waals surface area contributed by atoms with Gasteiger partial charge in [0.1, 0.15) is 12.4 Å². The molecule has 0 aliphatic carbocycles. The molecule has 1 saturated heterocycles. The van der Waals surface area contributed by atoms with Crippen LogP contribution in [0.15, 0.2) is 4.99 Å². The lowest BCUT2D eigenvalue weighted by molar-refractivity contribution is 0.114. The molecule has 7 nitrogen and oxygen atoms in total. The molecule has 3 rings (SSSR count). The third kappa shape index (κ3) is 3.09. The number of nitrogens with one attached hydrogen (secondary N) is 1. The van der Waals surface area contributed by atoms with Crippen molar-refractivity contribution in [3.8, 4) is 0 Å². The van der Waals surface area contributed by atoms with E-state index in [2.05, 4.69) is 25.1 Å². The van der Waals surface area contributed by atoms with E-state index in [0.29, 0.717) is 12.5 Å². The second-order valence-electron chi connectivity index (χ2n) is 5.36. The summed E-state index contributed by atoms with van der Waals surface area (Å²) >= 11 is 0. The van der Waals surface area contributed by atoms with Crippen molar-refractivity contribution in [2.24, 2.45) is 10.7 Å². The van der Waals surface area contributed by atoms with Crippen molar-refractivity contribution in [2.45, 2.75) is 51.3 Å². The van der Waals surface area contributed by atoms with Crippen LogP contribution in [0.25, 0.3) is 0 Å². The highest BCUT2D eigenvalue weighted by atomic mass is 16.5. The lowest BCUT2D eigenvalue weighted by Crippen LogP contribution is -2.37. The van der Waals surface area contributed by atoms with Crippen molar-refractivity contribution < 1.29 is 4.74 Å². The molecule has 0 amide bonds. The van der Waals surface area contributed by atoms with Gasteiger partial charge in [-0.3, -0.25) is 0 Å². The van der Waals surface area contributed by atoms with Crippen LogP contribution in [0.5, 0.6) is 0 Å². The van der Waals surface area contributed by atoms with Crippen molar-refractivity contribution in [1.82, 2.24) is 20.1 Å². The van der Waals surface area contributed by atoms with E-state index in [4.69, 9.17) is 10.5 Å². The van der Waals surface area contributed by atoms with E-state index in [-0.39, 0.29) is 6.10 Å². The summed E-state index contributed by atoms with van der Waals surface area (Å²) in [4.78, 5) is 4.34. The lowest BCUT2D eigenvalue weighted by Gasteiger charge is -2.14. The Kier molecular flexibility index (Phi) is 4.15. The van der Waals surface area contributed by atoms with Gasteiger partial charge in [-0.15, -0.1) is 10.2 Å². The van der Waals surface area contributed by atoms with Crippen LogP contribution >= 0.6 is 0 Å². The third-order valence-corrected chi connectivity index (χ3v) is 3.86. The maximum atomic E-state index is 5.87. The average molecular weight is 278 g/mol. The van der Waals surface area contributed by atoms with Gasteiger partial charge in [0.05, 0.1) is 6.10 Å². The fourth-order valence-corrected chi connectivity index (χ4v) is 2.72. The van der Waals surface area contributed by atoms with E-state index < -0.39 is 0 Å². The first-order valence-corrected chi connectivity index (χ1v) is 7.39. The van der Waals surface area contributed by atoms with E-state index in [0.717, 1.165) is 50.6 Å². The molecule has 3 N–H and O–H groups in total. The topological polar surface area (TPSA) is 90.4 Å². The van der Waals surface area contributed by atoms with Crippen LogP contribution in [0.4, 0.5) is 0 Å². The Balaban J connectivity index is 1.52. The van der Waals surface area contributed by atoms with Gasteiger partial charge in [0, 0.05) is 26.1 Å². The first-order chi connectivity index (χ1) is 9.83. The third-order valence-electron chi connectivity index (χ3n) is 3.86. The minimum atomic E-state index is 0.268. The molecule has 7 heteroatoms. The average Bonchev–Trinajstić information content (AvgIpc) is 3.12. The maximum Gasteiger partial charge on any atom is 0.189 e. The van der Waals surface area contributed by atoms with Crippen molar-refractivity contribution in [3.63, 3.8) is 0 Å². The molecule has 0 saturated carbocycles. The monoisotopic (exact) mass is 278 g/mol. The minimum Gasteiger partial charge on any atom is -0.376 e.